The van der Waals surface area contributed by atoms with Crippen LogP contribution in [0.5, 0.6) is 5.75 Å². The largest absolute Gasteiger partial charge is 0.497 e. The van der Waals surface area contributed by atoms with E-state index in [0.29, 0.717) is 42.4 Å². The predicted octanol–water partition coefficient (Wildman–Crippen LogP) is 0.768. The zero-order valence-electron chi connectivity index (χ0n) is 16.3. The third kappa shape index (κ3) is 3.53. The van der Waals surface area contributed by atoms with Gasteiger partial charge in [-0.15, -0.1) is 0 Å². The van der Waals surface area contributed by atoms with Crippen LogP contribution in [0.4, 0.5) is 5.95 Å². The number of rotatable bonds is 8. The molecule has 1 aromatic carbocycles. The number of aryl methyl sites for hydroxylation is 1. The lowest BCUT2D eigenvalue weighted by atomic mass is 10.2. The van der Waals surface area contributed by atoms with Crippen LogP contribution in [0.3, 0.4) is 0 Å². The molecule has 3 rings (SSSR count). The van der Waals surface area contributed by atoms with Crippen molar-refractivity contribution in [1.29, 1.82) is 0 Å². The van der Waals surface area contributed by atoms with Crippen LogP contribution in [-0.4, -0.2) is 44.1 Å². The van der Waals surface area contributed by atoms with Gasteiger partial charge in [0.05, 0.1) is 20.3 Å². The summed E-state index contributed by atoms with van der Waals surface area (Å²) in [5.41, 5.74) is 0.817. The molecule has 2 heterocycles. The van der Waals surface area contributed by atoms with Crippen molar-refractivity contribution in [2.45, 2.75) is 26.4 Å². The van der Waals surface area contributed by atoms with Crippen molar-refractivity contribution in [3.8, 4) is 5.75 Å². The average Bonchev–Trinajstić information content (AvgIpc) is 3.06. The molecule has 0 spiro atoms. The van der Waals surface area contributed by atoms with E-state index in [1.54, 1.807) is 18.7 Å². The Kier molecular flexibility index (Phi) is 5.84. The second-order valence-corrected chi connectivity index (χ2v) is 6.49. The molecule has 0 fully saturated rings. The number of aliphatic hydroxyl groups excluding tert-OH is 1. The maximum Gasteiger partial charge on any atom is 0.332 e. The Bertz CT molecular complexity index is 1100. The van der Waals surface area contributed by atoms with Crippen LogP contribution in [0.15, 0.2) is 33.9 Å². The van der Waals surface area contributed by atoms with Gasteiger partial charge < -0.3 is 15.2 Å². The van der Waals surface area contributed by atoms with Crippen molar-refractivity contribution in [2.75, 3.05) is 25.6 Å². The average molecular weight is 387 g/mol. The Morgan fingerprint density at radius 1 is 1.25 bits per heavy atom. The summed E-state index contributed by atoms with van der Waals surface area (Å²) < 4.78 is 9.65. The number of hydrogen-bond acceptors (Lipinski definition) is 6. The summed E-state index contributed by atoms with van der Waals surface area (Å²) in [6.07, 6.45) is 0.667. The van der Waals surface area contributed by atoms with E-state index < -0.39 is 0 Å². The number of hydrogen-bond donors (Lipinski definition) is 2. The quantitative estimate of drug-likeness (QED) is 0.592. The van der Waals surface area contributed by atoms with Crippen LogP contribution in [0.2, 0.25) is 0 Å². The first-order valence-corrected chi connectivity index (χ1v) is 9.19. The summed E-state index contributed by atoms with van der Waals surface area (Å²) in [6.45, 7) is 2.81. The van der Waals surface area contributed by atoms with E-state index in [2.05, 4.69) is 10.3 Å². The second kappa shape index (κ2) is 8.30. The van der Waals surface area contributed by atoms with Gasteiger partial charge in [-0.2, -0.15) is 4.98 Å². The first-order chi connectivity index (χ1) is 13.5. The van der Waals surface area contributed by atoms with Gasteiger partial charge in [0.25, 0.3) is 5.56 Å². The third-order valence-corrected chi connectivity index (χ3v) is 4.55. The number of fused-ring (bicyclic) bond motifs is 1. The number of ether oxygens (including phenoxy) is 1. The number of methoxy groups -OCH3 is 1. The van der Waals surface area contributed by atoms with E-state index in [1.807, 2.05) is 31.2 Å². The SMILES string of the molecule is CCCn1c(=O)c2c(nc(NCCO)n2Cc2cccc(OC)c2)n(C)c1=O. The van der Waals surface area contributed by atoms with Crippen LogP contribution < -0.4 is 21.3 Å². The summed E-state index contributed by atoms with van der Waals surface area (Å²) in [5, 5.41) is 12.2. The normalized spacial score (nSPS) is 11.1. The van der Waals surface area contributed by atoms with Crippen molar-refractivity contribution < 1.29 is 9.84 Å². The Balaban J connectivity index is 2.25. The highest BCUT2D eigenvalue weighted by Crippen LogP contribution is 2.20. The first kappa shape index (κ1) is 19.7. The van der Waals surface area contributed by atoms with Gasteiger partial charge in [0.1, 0.15) is 5.75 Å². The Morgan fingerprint density at radius 2 is 2.04 bits per heavy atom. The predicted molar refractivity (Wildman–Crippen MR) is 107 cm³/mol. The number of anilines is 1. The fourth-order valence-corrected chi connectivity index (χ4v) is 3.20. The smallest absolute Gasteiger partial charge is 0.332 e. The minimum atomic E-state index is -0.390. The molecule has 2 aromatic heterocycles. The maximum absolute atomic E-state index is 13.1. The number of aromatic nitrogens is 4. The van der Waals surface area contributed by atoms with Crippen LogP contribution in [0, 0.1) is 0 Å². The van der Waals surface area contributed by atoms with Crippen molar-refractivity contribution in [3.63, 3.8) is 0 Å². The van der Waals surface area contributed by atoms with Gasteiger partial charge in [-0.3, -0.25) is 18.5 Å². The second-order valence-electron chi connectivity index (χ2n) is 6.49. The molecule has 0 aliphatic rings. The zero-order valence-corrected chi connectivity index (χ0v) is 16.3. The van der Waals surface area contributed by atoms with Gasteiger partial charge in [-0.1, -0.05) is 19.1 Å². The first-order valence-electron chi connectivity index (χ1n) is 9.19. The topological polar surface area (TPSA) is 103 Å². The minimum absolute atomic E-state index is 0.0820. The molecule has 2 N–H and O–H groups in total. The van der Waals surface area contributed by atoms with Crippen LogP contribution in [0.25, 0.3) is 11.2 Å². The lowest BCUT2D eigenvalue weighted by Crippen LogP contribution is -2.39. The lowest BCUT2D eigenvalue weighted by molar-refractivity contribution is 0.310. The van der Waals surface area contributed by atoms with Gasteiger partial charge in [0.15, 0.2) is 11.2 Å². The number of benzene rings is 1. The minimum Gasteiger partial charge on any atom is -0.497 e. The van der Waals surface area contributed by atoms with Gasteiger partial charge in [-0.05, 0) is 24.1 Å². The molecule has 0 aliphatic heterocycles. The fourth-order valence-electron chi connectivity index (χ4n) is 3.20. The van der Waals surface area contributed by atoms with Crippen molar-refractivity contribution in [3.05, 3.63) is 50.7 Å². The van der Waals surface area contributed by atoms with Gasteiger partial charge in [0.2, 0.25) is 5.95 Å². The highest BCUT2D eigenvalue weighted by Gasteiger charge is 2.20. The van der Waals surface area contributed by atoms with Crippen LogP contribution >= 0.6 is 0 Å². The molecule has 0 bridgehead atoms. The van der Waals surface area contributed by atoms with E-state index in [4.69, 9.17) is 4.74 Å². The molecule has 0 saturated heterocycles. The standard InChI is InChI=1S/C19H25N5O4/c1-4-9-23-17(26)15-16(22(2)19(23)27)21-18(20-8-10-25)24(15)12-13-6-5-7-14(11-13)28-3/h5-7,11,25H,4,8-10,12H2,1-3H3,(H,20,21). The summed E-state index contributed by atoms with van der Waals surface area (Å²) in [5.74, 6) is 1.14. The lowest BCUT2D eigenvalue weighted by Gasteiger charge is -2.12. The highest BCUT2D eigenvalue weighted by atomic mass is 16.5. The Hall–Kier alpha value is -3.07. The van der Waals surface area contributed by atoms with Gasteiger partial charge >= 0.3 is 5.69 Å². The molecular formula is C19H25N5O4. The van der Waals surface area contributed by atoms with Crippen molar-refractivity contribution in [1.82, 2.24) is 18.7 Å². The monoisotopic (exact) mass is 387 g/mol. The molecule has 28 heavy (non-hydrogen) atoms. The Morgan fingerprint density at radius 3 is 2.71 bits per heavy atom. The van der Waals surface area contributed by atoms with Gasteiger partial charge in [0, 0.05) is 20.1 Å². The molecule has 0 amide bonds. The molecule has 0 aliphatic carbocycles. The maximum atomic E-state index is 13.1. The summed E-state index contributed by atoms with van der Waals surface area (Å²) in [6, 6.07) is 7.53. The van der Waals surface area contributed by atoms with Gasteiger partial charge in [-0.25, -0.2) is 4.79 Å². The zero-order chi connectivity index (χ0) is 20.3. The highest BCUT2D eigenvalue weighted by molar-refractivity contribution is 5.74. The van der Waals surface area contributed by atoms with E-state index in [-0.39, 0.29) is 24.4 Å². The molecule has 0 atom stereocenters. The fraction of sp³-hybridized carbons (Fsp3) is 0.421. The summed E-state index contributed by atoms with van der Waals surface area (Å²) in [7, 11) is 3.20. The molecule has 0 radical (unpaired) electrons. The number of nitrogens with one attached hydrogen (secondary N) is 1. The number of imidazole rings is 1. The third-order valence-electron chi connectivity index (χ3n) is 4.55. The van der Waals surface area contributed by atoms with Crippen LogP contribution in [-0.2, 0) is 20.1 Å². The summed E-state index contributed by atoms with van der Waals surface area (Å²) >= 11 is 0. The number of aliphatic hydroxyl groups is 1. The molecule has 9 heteroatoms. The molecular weight excluding hydrogens is 362 g/mol. The van der Waals surface area contributed by atoms with E-state index >= 15 is 0 Å². The van der Waals surface area contributed by atoms with Crippen molar-refractivity contribution in [2.24, 2.45) is 7.05 Å². The molecule has 0 saturated carbocycles. The molecule has 9 nitrogen and oxygen atoms in total. The van der Waals surface area contributed by atoms with E-state index in [0.717, 1.165) is 5.56 Å². The molecule has 150 valence electrons. The van der Waals surface area contributed by atoms with E-state index in [1.165, 1.54) is 9.13 Å². The van der Waals surface area contributed by atoms with Crippen molar-refractivity contribution >= 4 is 17.1 Å². The number of nitrogens with zero attached hydrogens (tertiary/aromatic N) is 4. The Labute approximate surface area is 161 Å². The molecule has 3 aromatic rings. The van der Waals surface area contributed by atoms with E-state index in [9.17, 15) is 14.7 Å². The van der Waals surface area contributed by atoms with Crippen LogP contribution in [0.1, 0.15) is 18.9 Å². The molecule has 0 unspecified atom stereocenters. The summed E-state index contributed by atoms with van der Waals surface area (Å²) in [4.78, 5) is 30.1.